The molecule has 2 aliphatic heterocycles. The fourth-order valence-electron chi connectivity index (χ4n) is 5.22. The molecule has 1 aromatic carbocycles. The molecule has 212 valence electrons. The van der Waals surface area contributed by atoms with Crippen molar-refractivity contribution in [2.24, 2.45) is 0 Å². The topological polar surface area (TPSA) is 135 Å². The smallest absolute Gasteiger partial charge is 0.444 e. The van der Waals surface area contributed by atoms with E-state index in [0.29, 0.717) is 26.1 Å². The van der Waals surface area contributed by atoms with Crippen LogP contribution >= 0.6 is 0 Å². The minimum atomic E-state index is -1.77. The number of amides is 2. The number of carbonyl (C=O) groups excluding carboxylic acids is 2. The van der Waals surface area contributed by atoms with Crippen molar-refractivity contribution >= 4 is 19.1 Å². The van der Waals surface area contributed by atoms with E-state index in [1.54, 1.807) is 11.0 Å². The first kappa shape index (κ1) is 30.6. The zero-order valence-corrected chi connectivity index (χ0v) is 23.4. The predicted molar refractivity (Wildman–Crippen MR) is 147 cm³/mol. The van der Waals surface area contributed by atoms with Crippen LogP contribution in [0.1, 0.15) is 52.5 Å². The Morgan fingerprint density at radius 2 is 1.87 bits per heavy atom. The largest absolute Gasteiger partial charge is 0.475 e. The van der Waals surface area contributed by atoms with Crippen LogP contribution in [0.3, 0.4) is 0 Å². The van der Waals surface area contributed by atoms with E-state index in [9.17, 15) is 24.9 Å². The van der Waals surface area contributed by atoms with Gasteiger partial charge in [0.05, 0.1) is 24.7 Å². The minimum Gasteiger partial charge on any atom is -0.444 e. The summed E-state index contributed by atoms with van der Waals surface area (Å²) in [5, 5.41) is 32.0. The van der Waals surface area contributed by atoms with Gasteiger partial charge in [-0.25, -0.2) is 4.79 Å². The number of hydrogen-bond donors (Lipinski definition) is 3. The molecule has 3 rings (SSSR count). The molecule has 1 aromatic rings. The number of likely N-dealkylation sites (tertiary alicyclic amines) is 1. The van der Waals surface area contributed by atoms with Crippen molar-refractivity contribution in [2.45, 2.75) is 83.2 Å². The van der Waals surface area contributed by atoms with E-state index in [1.165, 1.54) is 0 Å². The Hall–Kier alpha value is -2.91. The first-order valence-corrected chi connectivity index (χ1v) is 13.7. The lowest BCUT2D eigenvalue weighted by molar-refractivity contribution is -0.128. The Labute approximate surface area is 231 Å². The molecule has 39 heavy (non-hydrogen) atoms. The number of ether oxygens (including phenoxy) is 2. The molecule has 0 aromatic heterocycles. The standard InChI is InChI=1S/C28H41BN4O6/c1-20-17-33(18-21(2)38-20)28(3,4)15-23(16-30)26(34)32-13-9-8-12-24(19-32)39-27(35)31-25(29(36)37)14-22-10-6-5-7-11-22/h5-7,10-11,15,20-21,24-25,36-37H,8-9,12-14,17-19H2,1-4H3,(H,31,35)/t20-,21-,24-,25+/m1/s1. The molecule has 0 saturated carbocycles. The van der Waals surface area contributed by atoms with Crippen LogP contribution in [0.5, 0.6) is 0 Å². The monoisotopic (exact) mass is 540 g/mol. The highest BCUT2D eigenvalue weighted by Gasteiger charge is 2.34. The maximum Gasteiger partial charge on any atom is 0.475 e. The van der Waals surface area contributed by atoms with Crippen LogP contribution < -0.4 is 5.32 Å². The van der Waals surface area contributed by atoms with Gasteiger partial charge in [0, 0.05) is 25.2 Å². The van der Waals surface area contributed by atoms with Crippen molar-refractivity contribution in [3.8, 4) is 6.07 Å². The van der Waals surface area contributed by atoms with Gasteiger partial charge in [-0.05, 0) is 65.0 Å². The van der Waals surface area contributed by atoms with Gasteiger partial charge in [0.15, 0.2) is 0 Å². The van der Waals surface area contributed by atoms with E-state index in [1.807, 2.05) is 58.0 Å². The summed E-state index contributed by atoms with van der Waals surface area (Å²) in [4.78, 5) is 29.9. The number of rotatable bonds is 8. The SMILES string of the molecule is C[C@@H]1CN(C(C)(C)C=C(C#N)C(=O)N2CCCC[C@@H](OC(=O)N[C@@H](Cc3ccccc3)B(O)O)C2)C[C@@H](C)O1. The molecule has 2 amide bonds. The van der Waals surface area contributed by atoms with E-state index in [-0.39, 0.29) is 36.7 Å². The third kappa shape index (κ3) is 9.07. The maximum absolute atomic E-state index is 13.4. The van der Waals surface area contributed by atoms with Gasteiger partial charge in [-0.2, -0.15) is 5.26 Å². The molecule has 10 nitrogen and oxygen atoms in total. The van der Waals surface area contributed by atoms with Gasteiger partial charge in [0.2, 0.25) is 0 Å². The second kappa shape index (κ2) is 13.9. The number of benzene rings is 1. The van der Waals surface area contributed by atoms with Crippen LogP contribution in [0.4, 0.5) is 4.79 Å². The number of nitrogens with zero attached hydrogens (tertiary/aromatic N) is 3. The molecular weight excluding hydrogens is 499 g/mol. The van der Waals surface area contributed by atoms with Gasteiger partial charge in [-0.1, -0.05) is 30.3 Å². The van der Waals surface area contributed by atoms with Crippen molar-refractivity contribution in [2.75, 3.05) is 26.2 Å². The van der Waals surface area contributed by atoms with Gasteiger partial charge in [0.25, 0.3) is 5.91 Å². The third-order valence-corrected chi connectivity index (χ3v) is 7.23. The van der Waals surface area contributed by atoms with Crippen LogP contribution in [0.15, 0.2) is 42.0 Å². The van der Waals surface area contributed by atoms with Crippen molar-refractivity contribution in [1.82, 2.24) is 15.1 Å². The highest BCUT2D eigenvalue weighted by Crippen LogP contribution is 2.25. The third-order valence-electron chi connectivity index (χ3n) is 7.23. The summed E-state index contributed by atoms with van der Waals surface area (Å²) in [5.74, 6) is -1.34. The number of carbonyl (C=O) groups is 2. The van der Waals surface area contributed by atoms with E-state index in [0.717, 1.165) is 18.4 Å². The second-order valence-corrected chi connectivity index (χ2v) is 11.1. The highest BCUT2D eigenvalue weighted by molar-refractivity contribution is 6.43. The molecule has 0 aliphatic carbocycles. The normalized spacial score (nSPS) is 23.8. The van der Waals surface area contributed by atoms with E-state index < -0.39 is 30.8 Å². The Kier molecular flexibility index (Phi) is 11.0. The maximum atomic E-state index is 13.4. The molecule has 0 radical (unpaired) electrons. The van der Waals surface area contributed by atoms with Gasteiger partial charge in [0.1, 0.15) is 17.7 Å². The number of alkyl carbamates (subject to hydrolysis) is 1. The minimum absolute atomic E-state index is 0.0524. The summed E-state index contributed by atoms with van der Waals surface area (Å²) in [5.41, 5.74) is 0.359. The van der Waals surface area contributed by atoms with Crippen LogP contribution in [-0.4, -0.2) is 94.9 Å². The van der Waals surface area contributed by atoms with Crippen molar-refractivity contribution in [1.29, 1.82) is 5.26 Å². The quantitative estimate of drug-likeness (QED) is 0.259. The summed E-state index contributed by atoms with van der Waals surface area (Å²) in [7, 11) is -1.77. The van der Waals surface area contributed by atoms with Crippen LogP contribution in [0.25, 0.3) is 0 Å². The first-order chi connectivity index (χ1) is 18.5. The predicted octanol–water partition coefficient (Wildman–Crippen LogP) is 2.05. The fraction of sp³-hybridized carbons (Fsp3) is 0.607. The summed E-state index contributed by atoms with van der Waals surface area (Å²) in [6.45, 7) is 10.0. The molecule has 3 N–H and O–H groups in total. The molecule has 0 bridgehead atoms. The molecule has 2 fully saturated rings. The average molecular weight is 540 g/mol. The number of nitrogens with one attached hydrogen (secondary N) is 1. The summed E-state index contributed by atoms with van der Waals surface area (Å²) in [6, 6.07) is 11.3. The molecule has 4 atom stereocenters. The highest BCUT2D eigenvalue weighted by atomic mass is 16.6. The number of nitriles is 1. The van der Waals surface area contributed by atoms with Gasteiger partial charge >= 0.3 is 13.2 Å². The van der Waals surface area contributed by atoms with Crippen molar-refractivity contribution in [3.05, 3.63) is 47.5 Å². The zero-order valence-electron chi connectivity index (χ0n) is 23.4. The van der Waals surface area contributed by atoms with Crippen LogP contribution in [-0.2, 0) is 20.7 Å². The lowest BCUT2D eigenvalue weighted by Gasteiger charge is -2.43. The molecule has 0 spiro atoms. The Morgan fingerprint density at radius 1 is 1.21 bits per heavy atom. The van der Waals surface area contributed by atoms with E-state index >= 15 is 0 Å². The molecule has 2 heterocycles. The Balaban J connectivity index is 1.64. The summed E-state index contributed by atoms with van der Waals surface area (Å²) >= 11 is 0. The fourth-order valence-corrected chi connectivity index (χ4v) is 5.22. The number of hydrogen-bond acceptors (Lipinski definition) is 8. The molecular formula is C28H41BN4O6. The summed E-state index contributed by atoms with van der Waals surface area (Å²) < 4.78 is 11.4. The lowest BCUT2D eigenvalue weighted by atomic mass is 9.76. The second-order valence-electron chi connectivity index (χ2n) is 11.1. The van der Waals surface area contributed by atoms with Gasteiger partial charge in [-0.3, -0.25) is 9.69 Å². The van der Waals surface area contributed by atoms with Crippen LogP contribution in [0, 0.1) is 11.3 Å². The molecule has 0 unspecified atom stereocenters. The molecule has 2 saturated heterocycles. The van der Waals surface area contributed by atoms with Crippen molar-refractivity contribution < 1.29 is 29.1 Å². The van der Waals surface area contributed by atoms with Gasteiger partial charge < -0.3 is 29.7 Å². The van der Waals surface area contributed by atoms with Crippen molar-refractivity contribution in [3.63, 3.8) is 0 Å². The average Bonchev–Trinajstić information content (AvgIpc) is 3.12. The van der Waals surface area contributed by atoms with E-state index in [4.69, 9.17) is 9.47 Å². The Morgan fingerprint density at radius 3 is 2.49 bits per heavy atom. The Bertz CT molecular complexity index is 1030. The molecule has 2 aliphatic rings. The summed E-state index contributed by atoms with van der Waals surface area (Å²) in [6.07, 6.45) is 2.71. The molecule has 11 heteroatoms. The van der Waals surface area contributed by atoms with Gasteiger partial charge in [-0.15, -0.1) is 0 Å². The lowest BCUT2D eigenvalue weighted by Crippen LogP contribution is -2.54. The van der Waals surface area contributed by atoms with E-state index in [2.05, 4.69) is 16.3 Å². The number of morpholine rings is 1. The zero-order chi connectivity index (χ0) is 28.6. The van der Waals surface area contributed by atoms with Crippen LogP contribution in [0.2, 0.25) is 0 Å². The first-order valence-electron chi connectivity index (χ1n) is 13.7.